The van der Waals surface area contributed by atoms with Gasteiger partial charge in [-0.15, -0.1) is 0 Å². The minimum absolute atomic E-state index is 0.162. The van der Waals surface area contributed by atoms with E-state index in [1.54, 1.807) is 24.3 Å². The van der Waals surface area contributed by atoms with Crippen molar-refractivity contribution in [2.45, 2.75) is 42.5 Å². The molecule has 0 spiro atoms. The van der Waals surface area contributed by atoms with Gasteiger partial charge in [0.1, 0.15) is 0 Å². The summed E-state index contributed by atoms with van der Waals surface area (Å²) in [5.41, 5.74) is 1.49. The van der Waals surface area contributed by atoms with Gasteiger partial charge in [-0.3, -0.25) is 10.1 Å². The topological polar surface area (TPSA) is 78.5 Å². The Hall–Kier alpha value is -1.74. The summed E-state index contributed by atoms with van der Waals surface area (Å²) in [7, 11) is -3.51. The average Bonchev–Trinajstić information content (AvgIpc) is 3.23. The minimum Gasteiger partial charge on any atom is -0.325 e. The SMILES string of the molecule is O=C(CNC1(c2cccc(Br)c2)CCC1)Nc1cccc(S(=O)(=O)N2CCCC2)c1. The van der Waals surface area contributed by atoms with Crippen LogP contribution in [0, 0.1) is 0 Å². The van der Waals surface area contributed by atoms with E-state index in [1.165, 1.54) is 9.87 Å². The van der Waals surface area contributed by atoms with Crippen molar-refractivity contribution in [3.05, 3.63) is 58.6 Å². The van der Waals surface area contributed by atoms with Crippen LogP contribution in [0.1, 0.15) is 37.7 Å². The molecule has 1 saturated carbocycles. The summed E-state index contributed by atoms with van der Waals surface area (Å²) in [5, 5.41) is 6.26. The number of hydrogen-bond acceptors (Lipinski definition) is 4. The predicted molar refractivity (Wildman–Crippen MR) is 121 cm³/mol. The quantitative estimate of drug-likeness (QED) is 0.616. The molecule has 2 aromatic rings. The normalized spacial score (nSPS) is 18.7. The zero-order valence-electron chi connectivity index (χ0n) is 16.7. The molecule has 0 atom stereocenters. The second-order valence-electron chi connectivity index (χ2n) is 7.99. The number of hydrogen-bond donors (Lipinski definition) is 2. The number of halogens is 1. The molecule has 1 saturated heterocycles. The van der Waals surface area contributed by atoms with E-state index in [4.69, 9.17) is 0 Å². The van der Waals surface area contributed by atoms with Crippen LogP contribution in [0.15, 0.2) is 57.9 Å². The number of sulfonamides is 1. The van der Waals surface area contributed by atoms with Crippen molar-refractivity contribution in [3.63, 3.8) is 0 Å². The highest BCUT2D eigenvalue weighted by molar-refractivity contribution is 9.10. The number of anilines is 1. The molecule has 2 aliphatic rings. The van der Waals surface area contributed by atoms with Crippen LogP contribution in [0.3, 0.4) is 0 Å². The maximum atomic E-state index is 12.8. The number of benzene rings is 2. The Morgan fingerprint density at radius 1 is 1.03 bits per heavy atom. The standard InChI is InChI=1S/C22H26BrN3O3S/c23-18-7-3-6-17(14-18)22(10-5-11-22)24-16-21(27)25-19-8-4-9-20(15-19)30(28,29)26-12-1-2-13-26/h3-4,6-9,14-15,24H,1-2,5,10-13,16H2,(H,25,27). The summed E-state index contributed by atoms with van der Waals surface area (Å²) in [4.78, 5) is 12.8. The Morgan fingerprint density at radius 3 is 2.43 bits per heavy atom. The molecule has 2 fully saturated rings. The highest BCUT2D eigenvalue weighted by atomic mass is 79.9. The van der Waals surface area contributed by atoms with Gasteiger partial charge in [-0.25, -0.2) is 8.42 Å². The van der Waals surface area contributed by atoms with Crippen LogP contribution in [0.5, 0.6) is 0 Å². The van der Waals surface area contributed by atoms with Gasteiger partial charge in [-0.1, -0.05) is 34.1 Å². The van der Waals surface area contributed by atoms with Crippen molar-refractivity contribution in [2.24, 2.45) is 0 Å². The summed E-state index contributed by atoms with van der Waals surface area (Å²) < 4.78 is 28.0. The number of nitrogens with zero attached hydrogens (tertiary/aromatic N) is 1. The summed E-state index contributed by atoms with van der Waals surface area (Å²) in [6, 6.07) is 14.7. The maximum Gasteiger partial charge on any atom is 0.243 e. The molecule has 0 aromatic heterocycles. The third kappa shape index (κ3) is 4.46. The second kappa shape index (κ2) is 8.78. The zero-order valence-corrected chi connectivity index (χ0v) is 19.1. The van der Waals surface area contributed by atoms with Gasteiger partial charge in [0.2, 0.25) is 15.9 Å². The van der Waals surface area contributed by atoms with Crippen LogP contribution in [0.4, 0.5) is 5.69 Å². The number of nitrogens with one attached hydrogen (secondary N) is 2. The molecule has 4 rings (SSSR count). The third-order valence-corrected chi connectivity index (χ3v) is 8.38. The van der Waals surface area contributed by atoms with Gasteiger partial charge < -0.3 is 5.32 Å². The largest absolute Gasteiger partial charge is 0.325 e. The first-order valence-corrected chi connectivity index (χ1v) is 12.5. The Morgan fingerprint density at radius 2 is 1.77 bits per heavy atom. The molecule has 1 aliphatic heterocycles. The summed E-state index contributed by atoms with van der Waals surface area (Å²) >= 11 is 3.52. The van der Waals surface area contributed by atoms with Crippen LogP contribution >= 0.6 is 15.9 Å². The molecule has 0 radical (unpaired) electrons. The van der Waals surface area contributed by atoms with E-state index in [0.717, 1.165) is 36.6 Å². The Kier molecular flexibility index (Phi) is 6.29. The van der Waals surface area contributed by atoms with E-state index >= 15 is 0 Å². The number of carbonyl (C=O) groups is 1. The van der Waals surface area contributed by atoms with Crippen molar-refractivity contribution >= 4 is 37.5 Å². The van der Waals surface area contributed by atoms with Gasteiger partial charge >= 0.3 is 0 Å². The van der Waals surface area contributed by atoms with E-state index < -0.39 is 10.0 Å². The Labute approximate surface area is 186 Å². The van der Waals surface area contributed by atoms with Gasteiger partial charge in [0.05, 0.1) is 11.4 Å². The van der Waals surface area contributed by atoms with Crippen molar-refractivity contribution in [1.29, 1.82) is 0 Å². The predicted octanol–water partition coefficient (Wildman–Crippen LogP) is 3.84. The number of carbonyl (C=O) groups excluding carboxylic acids is 1. The van der Waals surface area contributed by atoms with E-state index in [0.29, 0.717) is 18.8 Å². The lowest BCUT2D eigenvalue weighted by atomic mass is 9.72. The van der Waals surface area contributed by atoms with E-state index in [1.807, 2.05) is 12.1 Å². The molecule has 1 amide bonds. The molecule has 6 nitrogen and oxygen atoms in total. The fraction of sp³-hybridized carbons (Fsp3) is 0.409. The van der Waals surface area contributed by atoms with Crippen molar-refractivity contribution in [2.75, 3.05) is 25.0 Å². The average molecular weight is 492 g/mol. The molecule has 1 aliphatic carbocycles. The van der Waals surface area contributed by atoms with Crippen LogP contribution in [-0.4, -0.2) is 38.3 Å². The molecule has 2 aromatic carbocycles. The van der Waals surface area contributed by atoms with Crippen LogP contribution < -0.4 is 10.6 Å². The summed E-state index contributed by atoms with van der Waals surface area (Å²) in [5.74, 6) is -0.188. The molecule has 0 unspecified atom stereocenters. The van der Waals surface area contributed by atoms with Crippen molar-refractivity contribution in [3.8, 4) is 0 Å². The molecule has 160 valence electrons. The first kappa shape index (κ1) is 21.5. The lowest BCUT2D eigenvalue weighted by molar-refractivity contribution is -0.116. The van der Waals surface area contributed by atoms with Gasteiger partial charge in [0.15, 0.2) is 0 Å². The summed E-state index contributed by atoms with van der Waals surface area (Å²) in [6.45, 7) is 1.27. The highest BCUT2D eigenvalue weighted by Crippen LogP contribution is 2.41. The van der Waals surface area contributed by atoms with Gasteiger partial charge in [-0.2, -0.15) is 4.31 Å². The first-order valence-electron chi connectivity index (χ1n) is 10.3. The van der Waals surface area contributed by atoms with Crippen LogP contribution in [0.25, 0.3) is 0 Å². The molecular formula is C22H26BrN3O3S. The molecule has 0 bridgehead atoms. The molecule has 2 N–H and O–H groups in total. The summed E-state index contributed by atoms with van der Waals surface area (Å²) in [6.07, 6.45) is 4.88. The Bertz CT molecular complexity index is 1030. The van der Waals surface area contributed by atoms with Gasteiger partial charge in [-0.05, 0) is 68.0 Å². The van der Waals surface area contributed by atoms with Gasteiger partial charge in [0.25, 0.3) is 0 Å². The van der Waals surface area contributed by atoms with Crippen LogP contribution in [0.2, 0.25) is 0 Å². The maximum absolute atomic E-state index is 12.8. The fourth-order valence-corrected chi connectivity index (χ4v) is 6.11. The van der Waals surface area contributed by atoms with Gasteiger partial charge in [0, 0.05) is 28.8 Å². The lowest BCUT2D eigenvalue weighted by Gasteiger charge is -2.43. The monoisotopic (exact) mass is 491 g/mol. The number of amides is 1. The molecular weight excluding hydrogens is 466 g/mol. The molecule has 30 heavy (non-hydrogen) atoms. The van der Waals surface area contributed by atoms with Crippen molar-refractivity contribution < 1.29 is 13.2 Å². The van der Waals surface area contributed by atoms with Crippen LogP contribution in [-0.2, 0) is 20.4 Å². The van der Waals surface area contributed by atoms with E-state index in [-0.39, 0.29) is 22.9 Å². The fourth-order valence-electron chi connectivity index (χ4n) is 4.15. The first-order chi connectivity index (χ1) is 14.4. The number of rotatable bonds is 7. The third-order valence-electron chi connectivity index (χ3n) is 5.99. The zero-order chi connectivity index (χ0) is 21.2. The second-order valence-corrected chi connectivity index (χ2v) is 10.8. The molecule has 1 heterocycles. The van der Waals surface area contributed by atoms with E-state index in [9.17, 15) is 13.2 Å². The Balaban J connectivity index is 1.41. The minimum atomic E-state index is -3.51. The van der Waals surface area contributed by atoms with Crippen molar-refractivity contribution in [1.82, 2.24) is 9.62 Å². The smallest absolute Gasteiger partial charge is 0.243 e. The lowest BCUT2D eigenvalue weighted by Crippen LogP contribution is -2.50. The highest BCUT2D eigenvalue weighted by Gasteiger charge is 2.38. The molecule has 8 heteroatoms. The van der Waals surface area contributed by atoms with E-state index in [2.05, 4.69) is 38.7 Å².